The fourth-order valence-electron chi connectivity index (χ4n) is 3.53. The molecule has 2 aromatic rings. The van der Waals surface area contributed by atoms with Gasteiger partial charge >= 0.3 is 0 Å². The van der Waals surface area contributed by atoms with Gasteiger partial charge in [-0.1, -0.05) is 24.3 Å². The minimum absolute atomic E-state index is 0.0573. The molecule has 2 aliphatic heterocycles. The smallest absolute Gasteiger partial charge is 0.255 e. The van der Waals surface area contributed by atoms with E-state index in [0.29, 0.717) is 23.1 Å². The second-order valence-corrected chi connectivity index (χ2v) is 6.66. The van der Waals surface area contributed by atoms with E-state index in [-0.39, 0.29) is 18.5 Å². The zero-order valence-electron chi connectivity index (χ0n) is 13.5. The number of ether oxygens (including phenoxy) is 2. The number of aliphatic hydroxyl groups excluding tert-OH is 1. The Balaban J connectivity index is 1.52. The highest BCUT2D eigenvalue weighted by atomic mass is 16.7. The quantitative estimate of drug-likeness (QED) is 0.926. The molecule has 0 saturated heterocycles. The van der Waals surface area contributed by atoms with Crippen molar-refractivity contribution >= 4 is 11.6 Å². The van der Waals surface area contributed by atoms with E-state index in [4.69, 9.17) is 9.47 Å². The highest BCUT2D eigenvalue weighted by molar-refractivity contribution is 6.05. The van der Waals surface area contributed by atoms with Crippen LogP contribution in [0, 0.1) is 0 Å². The molecule has 1 fully saturated rings. The van der Waals surface area contributed by atoms with Crippen LogP contribution in [0.3, 0.4) is 0 Å². The molecule has 1 amide bonds. The van der Waals surface area contributed by atoms with Gasteiger partial charge in [-0.3, -0.25) is 9.69 Å². The van der Waals surface area contributed by atoms with Crippen LogP contribution in [0.1, 0.15) is 35.9 Å². The lowest BCUT2D eigenvalue weighted by atomic mass is 10.0. The number of benzene rings is 2. The maximum atomic E-state index is 12.5. The SMILES string of the molecule is O=C1C=C(O)C(c2ccc(C3CC3)cc2)N1c1ccc2c(c1)OCO2. The minimum Gasteiger partial charge on any atom is -0.510 e. The zero-order chi connectivity index (χ0) is 17.0. The number of amides is 1. The lowest BCUT2D eigenvalue weighted by Gasteiger charge is -2.26. The topological polar surface area (TPSA) is 59.0 Å². The summed E-state index contributed by atoms with van der Waals surface area (Å²) in [6, 6.07) is 13.1. The van der Waals surface area contributed by atoms with Gasteiger partial charge in [-0.15, -0.1) is 0 Å². The Hall–Kier alpha value is -2.95. The number of carbonyl (C=O) groups is 1. The largest absolute Gasteiger partial charge is 0.510 e. The van der Waals surface area contributed by atoms with Crippen LogP contribution in [0.2, 0.25) is 0 Å². The minimum atomic E-state index is -0.513. The number of fused-ring (bicyclic) bond motifs is 1. The van der Waals surface area contributed by atoms with Gasteiger partial charge in [-0.05, 0) is 42.0 Å². The van der Waals surface area contributed by atoms with Crippen LogP contribution < -0.4 is 14.4 Å². The summed E-state index contributed by atoms with van der Waals surface area (Å²) in [6.45, 7) is 0.183. The average Bonchev–Trinajstić information content (AvgIpc) is 3.28. The third-order valence-corrected chi connectivity index (χ3v) is 4.98. The van der Waals surface area contributed by atoms with Crippen molar-refractivity contribution in [3.8, 4) is 11.5 Å². The Bertz CT molecular complexity index is 883. The Kier molecular flexibility index (Phi) is 3.04. The molecule has 3 aliphatic rings. The summed E-state index contributed by atoms with van der Waals surface area (Å²) in [6.07, 6.45) is 3.77. The zero-order valence-corrected chi connectivity index (χ0v) is 13.5. The van der Waals surface area contributed by atoms with Crippen molar-refractivity contribution in [1.29, 1.82) is 0 Å². The van der Waals surface area contributed by atoms with Gasteiger partial charge in [-0.2, -0.15) is 0 Å². The van der Waals surface area contributed by atoms with E-state index in [1.54, 1.807) is 17.0 Å². The summed E-state index contributed by atoms with van der Waals surface area (Å²) < 4.78 is 10.7. The molecule has 25 heavy (non-hydrogen) atoms. The third kappa shape index (κ3) is 2.35. The molecule has 2 heterocycles. The normalized spacial score (nSPS) is 21.6. The van der Waals surface area contributed by atoms with E-state index in [0.717, 1.165) is 5.56 Å². The molecule has 1 atom stereocenters. The Morgan fingerprint density at radius 3 is 2.44 bits per heavy atom. The van der Waals surface area contributed by atoms with Crippen molar-refractivity contribution in [2.24, 2.45) is 0 Å². The monoisotopic (exact) mass is 335 g/mol. The number of carbonyl (C=O) groups excluding carboxylic acids is 1. The van der Waals surface area contributed by atoms with Crippen molar-refractivity contribution in [2.75, 3.05) is 11.7 Å². The third-order valence-electron chi connectivity index (χ3n) is 4.98. The van der Waals surface area contributed by atoms with Gasteiger partial charge in [0, 0.05) is 17.8 Å². The van der Waals surface area contributed by atoms with Crippen LogP contribution >= 0.6 is 0 Å². The van der Waals surface area contributed by atoms with Crippen molar-refractivity contribution in [2.45, 2.75) is 24.8 Å². The first-order valence-electron chi connectivity index (χ1n) is 8.44. The summed E-state index contributed by atoms with van der Waals surface area (Å²) in [5.74, 6) is 1.76. The van der Waals surface area contributed by atoms with E-state index >= 15 is 0 Å². The van der Waals surface area contributed by atoms with Gasteiger partial charge in [0.15, 0.2) is 11.5 Å². The summed E-state index contributed by atoms with van der Waals surface area (Å²) in [7, 11) is 0. The second kappa shape index (κ2) is 5.28. The van der Waals surface area contributed by atoms with Gasteiger partial charge in [-0.25, -0.2) is 0 Å². The number of aliphatic hydroxyl groups is 1. The van der Waals surface area contributed by atoms with E-state index in [1.807, 2.05) is 18.2 Å². The van der Waals surface area contributed by atoms with Crippen molar-refractivity contribution in [3.05, 3.63) is 65.4 Å². The Morgan fingerprint density at radius 1 is 0.960 bits per heavy atom. The summed E-state index contributed by atoms with van der Waals surface area (Å²) in [5.41, 5.74) is 2.89. The van der Waals surface area contributed by atoms with Gasteiger partial charge in [0.2, 0.25) is 6.79 Å². The van der Waals surface area contributed by atoms with Crippen molar-refractivity contribution < 1.29 is 19.4 Å². The molecular formula is C20H17NO4. The second-order valence-electron chi connectivity index (χ2n) is 6.66. The molecule has 2 aromatic carbocycles. The number of hydrogen-bond donors (Lipinski definition) is 1. The molecule has 0 bridgehead atoms. The first-order chi connectivity index (χ1) is 12.2. The van der Waals surface area contributed by atoms with Crippen LogP contribution in [0.4, 0.5) is 5.69 Å². The molecule has 126 valence electrons. The molecular weight excluding hydrogens is 318 g/mol. The molecule has 0 spiro atoms. The predicted octanol–water partition coefficient (Wildman–Crippen LogP) is 3.82. The molecule has 0 radical (unpaired) electrons. The van der Waals surface area contributed by atoms with E-state index in [1.165, 1.54) is 24.5 Å². The van der Waals surface area contributed by atoms with Crippen LogP contribution in [0.5, 0.6) is 11.5 Å². The molecule has 1 N–H and O–H groups in total. The van der Waals surface area contributed by atoms with Crippen LogP contribution in [-0.2, 0) is 4.79 Å². The molecule has 1 aliphatic carbocycles. The van der Waals surface area contributed by atoms with Crippen LogP contribution in [0.15, 0.2) is 54.3 Å². The number of anilines is 1. The Labute approximate surface area is 145 Å². The van der Waals surface area contributed by atoms with Crippen LogP contribution in [-0.4, -0.2) is 17.8 Å². The number of nitrogens with zero attached hydrogens (tertiary/aromatic N) is 1. The number of rotatable bonds is 3. The Morgan fingerprint density at radius 2 is 1.68 bits per heavy atom. The van der Waals surface area contributed by atoms with E-state index < -0.39 is 6.04 Å². The van der Waals surface area contributed by atoms with Gasteiger partial charge < -0.3 is 14.6 Å². The molecule has 5 nitrogen and oxygen atoms in total. The first kappa shape index (κ1) is 14.4. The fourth-order valence-corrected chi connectivity index (χ4v) is 3.53. The average molecular weight is 335 g/mol. The van der Waals surface area contributed by atoms with Crippen molar-refractivity contribution in [1.82, 2.24) is 0 Å². The lowest BCUT2D eigenvalue weighted by Crippen LogP contribution is -2.29. The maximum absolute atomic E-state index is 12.5. The molecule has 5 rings (SSSR count). The van der Waals surface area contributed by atoms with Gasteiger partial charge in [0.05, 0.1) is 0 Å². The van der Waals surface area contributed by atoms with E-state index in [9.17, 15) is 9.90 Å². The predicted molar refractivity (Wildman–Crippen MR) is 91.9 cm³/mol. The van der Waals surface area contributed by atoms with E-state index in [2.05, 4.69) is 12.1 Å². The molecule has 0 aromatic heterocycles. The summed E-state index contributed by atoms with van der Waals surface area (Å²) >= 11 is 0. The highest BCUT2D eigenvalue weighted by Gasteiger charge is 2.36. The number of hydrogen-bond acceptors (Lipinski definition) is 4. The summed E-state index contributed by atoms with van der Waals surface area (Å²) in [5, 5.41) is 10.4. The first-order valence-corrected chi connectivity index (χ1v) is 8.44. The fraction of sp³-hybridized carbons (Fsp3) is 0.250. The lowest BCUT2D eigenvalue weighted by molar-refractivity contribution is -0.113. The molecule has 5 heteroatoms. The highest BCUT2D eigenvalue weighted by Crippen LogP contribution is 2.43. The maximum Gasteiger partial charge on any atom is 0.255 e. The molecule has 1 unspecified atom stereocenters. The summed E-state index contributed by atoms with van der Waals surface area (Å²) in [4.78, 5) is 14.1. The van der Waals surface area contributed by atoms with Crippen molar-refractivity contribution in [3.63, 3.8) is 0 Å². The van der Waals surface area contributed by atoms with Crippen LogP contribution in [0.25, 0.3) is 0 Å². The van der Waals surface area contributed by atoms with Gasteiger partial charge in [0.25, 0.3) is 5.91 Å². The van der Waals surface area contributed by atoms with Gasteiger partial charge in [0.1, 0.15) is 11.8 Å². The standard InChI is InChI=1S/C20H17NO4/c22-16-10-19(23)21(15-7-8-17-18(9-15)25-11-24-17)20(16)14-5-3-13(4-6-14)12-1-2-12/h3-10,12,20,22H,1-2,11H2. The molecule has 1 saturated carbocycles.